The van der Waals surface area contributed by atoms with E-state index in [4.69, 9.17) is 0 Å². The molecule has 8 heteroatoms. The highest BCUT2D eigenvalue weighted by Gasteiger charge is 2.24. The van der Waals surface area contributed by atoms with Crippen molar-refractivity contribution < 1.29 is 18.6 Å². The number of anilines is 1. The lowest BCUT2D eigenvalue weighted by atomic mass is 10.1. The van der Waals surface area contributed by atoms with Gasteiger partial charge in [-0.15, -0.1) is 0 Å². The molecule has 0 amide bonds. The van der Waals surface area contributed by atoms with Gasteiger partial charge in [-0.1, -0.05) is 0 Å². The average Bonchev–Trinajstić information content (AvgIpc) is 2.41. The molecule has 1 fully saturated rings. The van der Waals surface area contributed by atoms with Crippen LogP contribution in [0.5, 0.6) is 0 Å². The summed E-state index contributed by atoms with van der Waals surface area (Å²) in [5.41, 5.74) is 0.195. The second-order valence-corrected chi connectivity index (χ2v) is 6.83. The third-order valence-electron chi connectivity index (χ3n) is 3.00. The van der Waals surface area contributed by atoms with Crippen molar-refractivity contribution in [2.24, 2.45) is 0 Å². The summed E-state index contributed by atoms with van der Waals surface area (Å²) in [5, 5.41) is 3.17. The van der Waals surface area contributed by atoms with Crippen LogP contribution in [0.3, 0.4) is 0 Å². The van der Waals surface area contributed by atoms with Crippen LogP contribution >= 0.6 is 10.6 Å². The van der Waals surface area contributed by atoms with Gasteiger partial charge in [0, 0.05) is 23.6 Å². The molecule has 3 N–H and O–H groups in total. The average molecular weight is 287 g/mol. The molecular formula is C11H17N3O4S. The molecule has 0 bridgehead atoms. The van der Waals surface area contributed by atoms with Gasteiger partial charge < -0.3 is 10.1 Å². The van der Waals surface area contributed by atoms with Gasteiger partial charge in [0.1, 0.15) is 12.1 Å². The van der Waals surface area contributed by atoms with E-state index in [1.54, 1.807) is 0 Å². The first-order valence-electron chi connectivity index (χ1n) is 5.91. The standard InChI is InChI=1S/C11H17N3O4S/c1-18-11(15)9-6-10(13-7-12-9)14-8-2-4-19(16,17)5-3-8/h6-8,16-17H,2-5H2,1H3,(H,12,13,14). The van der Waals surface area contributed by atoms with Gasteiger partial charge in [0.15, 0.2) is 5.69 Å². The van der Waals surface area contributed by atoms with Gasteiger partial charge >= 0.3 is 5.97 Å². The number of carbonyl (C=O) groups is 1. The number of methoxy groups -OCH3 is 1. The van der Waals surface area contributed by atoms with Crippen molar-refractivity contribution in [1.82, 2.24) is 9.97 Å². The largest absolute Gasteiger partial charge is 0.464 e. The Morgan fingerprint density at radius 3 is 2.74 bits per heavy atom. The molecule has 1 aliphatic heterocycles. The number of ether oxygens (including phenoxy) is 1. The van der Waals surface area contributed by atoms with Crippen LogP contribution in [0.2, 0.25) is 0 Å². The molecule has 19 heavy (non-hydrogen) atoms. The molecule has 0 spiro atoms. The molecule has 106 valence electrons. The van der Waals surface area contributed by atoms with Crippen LogP contribution in [-0.2, 0) is 4.74 Å². The van der Waals surface area contributed by atoms with E-state index in [0.29, 0.717) is 30.2 Å². The van der Waals surface area contributed by atoms with E-state index in [-0.39, 0.29) is 11.7 Å². The number of hydrogen-bond acceptors (Lipinski definition) is 7. The summed E-state index contributed by atoms with van der Waals surface area (Å²) < 4.78 is 23.7. The maximum Gasteiger partial charge on any atom is 0.356 e. The molecule has 0 radical (unpaired) electrons. The summed E-state index contributed by atoms with van der Waals surface area (Å²) in [6, 6.07) is 1.65. The molecule has 1 saturated heterocycles. The van der Waals surface area contributed by atoms with E-state index >= 15 is 0 Å². The quantitative estimate of drug-likeness (QED) is 0.725. The van der Waals surface area contributed by atoms with Crippen LogP contribution in [0, 0.1) is 0 Å². The maximum absolute atomic E-state index is 11.3. The Balaban J connectivity index is 1.98. The van der Waals surface area contributed by atoms with Crippen molar-refractivity contribution in [3.8, 4) is 0 Å². The van der Waals surface area contributed by atoms with E-state index in [2.05, 4.69) is 20.0 Å². The zero-order valence-corrected chi connectivity index (χ0v) is 11.4. The van der Waals surface area contributed by atoms with Crippen LogP contribution in [0.1, 0.15) is 23.3 Å². The van der Waals surface area contributed by atoms with Gasteiger partial charge in [-0.25, -0.2) is 14.8 Å². The van der Waals surface area contributed by atoms with Gasteiger partial charge in [-0.2, -0.15) is 10.6 Å². The first-order chi connectivity index (χ1) is 9.00. The number of carbonyl (C=O) groups excluding carboxylic acids is 1. The molecule has 7 nitrogen and oxygen atoms in total. The third-order valence-corrected chi connectivity index (χ3v) is 4.78. The number of rotatable bonds is 3. The lowest BCUT2D eigenvalue weighted by Crippen LogP contribution is -2.30. The van der Waals surface area contributed by atoms with Crippen LogP contribution in [0.4, 0.5) is 5.82 Å². The number of hydrogen-bond donors (Lipinski definition) is 3. The molecular weight excluding hydrogens is 270 g/mol. The summed E-state index contributed by atoms with van der Waals surface area (Å²) >= 11 is 0. The zero-order chi connectivity index (χ0) is 13.9. The maximum atomic E-state index is 11.3. The van der Waals surface area contributed by atoms with E-state index in [0.717, 1.165) is 0 Å². The van der Waals surface area contributed by atoms with E-state index in [1.807, 2.05) is 0 Å². The summed E-state index contributed by atoms with van der Waals surface area (Å²) in [6.45, 7) is 0. The topological polar surface area (TPSA) is 105 Å². The fourth-order valence-electron chi connectivity index (χ4n) is 1.91. The SMILES string of the molecule is COC(=O)c1cc(NC2CCS(O)(O)CC2)ncn1. The molecule has 2 heterocycles. The van der Waals surface area contributed by atoms with E-state index in [9.17, 15) is 13.9 Å². The summed E-state index contributed by atoms with van der Waals surface area (Å²) in [7, 11) is -1.09. The minimum atomic E-state index is -2.38. The highest BCUT2D eigenvalue weighted by atomic mass is 32.3. The summed E-state index contributed by atoms with van der Waals surface area (Å²) in [6.07, 6.45) is 2.63. The van der Waals surface area contributed by atoms with Crippen molar-refractivity contribution in [3.63, 3.8) is 0 Å². The number of nitrogens with one attached hydrogen (secondary N) is 1. The molecule has 0 unspecified atom stereocenters. The summed E-state index contributed by atoms with van der Waals surface area (Å²) in [5.74, 6) is 0.834. The minimum absolute atomic E-state index is 0.125. The van der Waals surface area contributed by atoms with Crippen molar-refractivity contribution in [1.29, 1.82) is 0 Å². The smallest absolute Gasteiger partial charge is 0.356 e. The normalized spacial score (nSPS) is 20.6. The first-order valence-corrected chi connectivity index (χ1v) is 7.79. The van der Waals surface area contributed by atoms with Gasteiger partial charge in [0.2, 0.25) is 0 Å². The Labute approximate surface area is 112 Å². The second kappa shape index (κ2) is 5.72. The minimum Gasteiger partial charge on any atom is -0.464 e. The van der Waals surface area contributed by atoms with Crippen molar-refractivity contribution >= 4 is 22.4 Å². The summed E-state index contributed by atoms with van der Waals surface area (Å²) in [4.78, 5) is 19.2. The molecule has 2 rings (SSSR count). The Kier molecular flexibility index (Phi) is 4.23. The van der Waals surface area contributed by atoms with Gasteiger partial charge in [0.25, 0.3) is 0 Å². The van der Waals surface area contributed by atoms with E-state index < -0.39 is 16.6 Å². The predicted molar refractivity (Wildman–Crippen MR) is 72.6 cm³/mol. The predicted octanol–water partition coefficient (Wildman–Crippen LogP) is 1.59. The van der Waals surface area contributed by atoms with Gasteiger partial charge in [0.05, 0.1) is 7.11 Å². The second-order valence-electron chi connectivity index (χ2n) is 4.41. The molecule has 1 aliphatic rings. The van der Waals surface area contributed by atoms with Crippen LogP contribution in [0.25, 0.3) is 0 Å². The highest BCUT2D eigenvalue weighted by molar-refractivity contribution is 8.24. The van der Waals surface area contributed by atoms with Gasteiger partial charge in [-0.3, -0.25) is 9.11 Å². The Hall–Kier alpha value is -1.38. The number of aromatic nitrogens is 2. The molecule has 1 aromatic rings. The lowest BCUT2D eigenvalue weighted by Gasteiger charge is -2.39. The highest BCUT2D eigenvalue weighted by Crippen LogP contribution is 2.44. The fraction of sp³-hybridized carbons (Fsp3) is 0.545. The Bertz CT molecular complexity index is 459. The molecule has 0 atom stereocenters. The van der Waals surface area contributed by atoms with Gasteiger partial charge in [-0.05, 0) is 12.8 Å². The van der Waals surface area contributed by atoms with Crippen molar-refractivity contribution in [2.45, 2.75) is 18.9 Å². The lowest BCUT2D eigenvalue weighted by molar-refractivity contribution is 0.0594. The van der Waals surface area contributed by atoms with Crippen LogP contribution in [-0.4, -0.2) is 49.7 Å². The number of esters is 1. The third kappa shape index (κ3) is 3.79. The first kappa shape index (κ1) is 14.0. The fourth-order valence-corrected chi connectivity index (χ4v) is 3.44. The van der Waals surface area contributed by atoms with Crippen LogP contribution in [0.15, 0.2) is 12.4 Å². The van der Waals surface area contributed by atoms with Crippen molar-refractivity contribution in [2.75, 3.05) is 23.9 Å². The molecule has 0 aromatic carbocycles. The monoisotopic (exact) mass is 287 g/mol. The zero-order valence-electron chi connectivity index (χ0n) is 10.6. The molecule has 1 aromatic heterocycles. The van der Waals surface area contributed by atoms with E-state index in [1.165, 1.54) is 19.5 Å². The van der Waals surface area contributed by atoms with Crippen molar-refractivity contribution in [3.05, 3.63) is 18.1 Å². The number of nitrogens with zero attached hydrogens (tertiary/aromatic N) is 2. The Morgan fingerprint density at radius 2 is 2.11 bits per heavy atom. The van der Waals surface area contributed by atoms with Crippen LogP contribution < -0.4 is 5.32 Å². The molecule has 0 aliphatic carbocycles. The Morgan fingerprint density at radius 1 is 1.42 bits per heavy atom. The molecule has 0 saturated carbocycles.